The largest absolute Gasteiger partial charge is 0.380 e. The number of nitrogens with zero attached hydrogens (tertiary/aromatic N) is 1. The maximum Gasteiger partial charge on any atom is 0.0593 e. The number of hydrogen-bond acceptors (Lipinski definition) is 4. The van der Waals surface area contributed by atoms with Crippen molar-refractivity contribution >= 4 is 0 Å². The fraction of sp³-hybridized carbons (Fsp3) is 1.00. The second-order valence-electron chi connectivity index (χ2n) is 4.22. The molecule has 0 atom stereocenters. The molecule has 0 aromatic heterocycles. The first kappa shape index (κ1) is 16.8. The topological polar surface area (TPSA) is 33.7 Å². The molecule has 0 aliphatic heterocycles. The number of rotatable bonds is 13. The molecule has 104 valence electrons. The maximum absolute atomic E-state index is 5.46. The quantitative estimate of drug-likeness (QED) is 0.498. The molecule has 0 unspecified atom stereocenters. The van der Waals surface area contributed by atoms with Gasteiger partial charge in [-0.1, -0.05) is 13.3 Å². The molecule has 0 bridgehead atoms. The molecule has 0 fully saturated rings. The molecule has 0 aromatic rings. The van der Waals surface area contributed by atoms with Gasteiger partial charge in [0.15, 0.2) is 0 Å². The van der Waals surface area contributed by atoms with Gasteiger partial charge >= 0.3 is 0 Å². The van der Waals surface area contributed by atoms with Crippen molar-refractivity contribution < 1.29 is 9.47 Å². The highest BCUT2D eigenvalue weighted by Crippen LogP contribution is 1.86. The fourth-order valence-corrected chi connectivity index (χ4v) is 1.36. The van der Waals surface area contributed by atoms with Gasteiger partial charge in [-0.25, -0.2) is 0 Å². The summed E-state index contributed by atoms with van der Waals surface area (Å²) in [6.07, 6.45) is 2.37. The Hall–Kier alpha value is -0.160. The predicted molar refractivity (Wildman–Crippen MR) is 72.6 cm³/mol. The minimum atomic E-state index is 0.807. The van der Waals surface area contributed by atoms with Crippen LogP contribution in [0.2, 0.25) is 0 Å². The van der Waals surface area contributed by atoms with E-state index in [9.17, 15) is 0 Å². The molecule has 0 amide bonds. The minimum Gasteiger partial charge on any atom is -0.380 e. The number of nitrogens with one attached hydrogen (secondary N) is 1. The molecule has 0 rings (SSSR count). The Balaban J connectivity index is 3.05. The van der Waals surface area contributed by atoms with Crippen LogP contribution >= 0.6 is 0 Å². The maximum atomic E-state index is 5.46. The van der Waals surface area contributed by atoms with Crippen LogP contribution in [0.3, 0.4) is 0 Å². The second kappa shape index (κ2) is 13.9. The van der Waals surface area contributed by atoms with Gasteiger partial charge in [-0.15, -0.1) is 0 Å². The van der Waals surface area contributed by atoms with Crippen LogP contribution in [0, 0.1) is 0 Å². The highest BCUT2D eigenvalue weighted by molar-refractivity contribution is 4.54. The van der Waals surface area contributed by atoms with E-state index >= 15 is 0 Å². The van der Waals surface area contributed by atoms with Gasteiger partial charge in [-0.3, -0.25) is 0 Å². The zero-order valence-electron chi connectivity index (χ0n) is 11.8. The van der Waals surface area contributed by atoms with E-state index in [1.54, 1.807) is 0 Å². The van der Waals surface area contributed by atoms with Crippen LogP contribution < -0.4 is 5.32 Å². The van der Waals surface area contributed by atoms with Crippen molar-refractivity contribution in [2.24, 2.45) is 0 Å². The van der Waals surface area contributed by atoms with E-state index < -0.39 is 0 Å². The van der Waals surface area contributed by atoms with Gasteiger partial charge in [0.1, 0.15) is 0 Å². The molecule has 4 heteroatoms. The zero-order chi connectivity index (χ0) is 12.8. The van der Waals surface area contributed by atoms with Crippen molar-refractivity contribution in [2.45, 2.75) is 26.7 Å². The number of hydrogen-bond donors (Lipinski definition) is 1. The smallest absolute Gasteiger partial charge is 0.0593 e. The Morgan fingerprint density at radius 2 is 1.76 bits per heavy atom. The summed E-state index contributed by atoms with van der Waals surface area (Å²) in [4.78, 5) is 2.28. The summed E-state index contributed by atoms with van der Waals surface area (Å²) in [6.45, 7) is 11.6. The van der Waals surface area contributed by atoms with Crippen molar-refractivity contribution in [3.63, 3.8) is 0 Å². The lowest BCUT2D eigenvalue weighted by atomic mass is 10.4. The third-order valence-corrected chi connectivity index (χ3v) is 2.56. The predicted octanol–water partition coefficient (Wildman–Crippen LogP) is 1.36. The first-order valence-corrected chi connectivity index (χ1v) is 6.86. The third-order valence-electron chi connectivity index (χ3n) is 2.56. The molecule has 0 saturated carbocycles. The van der Waals surface area contributed by atoms with Crippen LogP contribution in [0.25, 0.3) is 0 Å². The molecule has 0 aliphatic rings. The summed E-state index contributed by atoms with van der Waals surface area (Å²) < 4.78 is 10.8. The van der Waals surface area contributed by atoms with E-state index in [0.29, 0.717) is 0 Å². The molecule has 0 radical (unpaired) electrons. The van der Waals surface area contributed by atoms with E-state index in [2.05, 4.69) is 24.2 Å². The Morgan fingerprint density at radius 3 is 2.47 bits per heavy atom. The SMILES string of the molecule is CCCCOCCNCCN(C)CCOCC. The van der Waals surface area contributed by atoms with E-state index in [4.69, 9.17) is 9.47 Å². The Labute approximate surface area is 107 Å². The lowest BCUT2D eigenvalue weighted by Gasteiger charge is -2.16. The summed E-state index contributed by atoms with van der Waals surface area (Å²) in [5.74, 6) is 0. The molecule has 1 N–H and O–H groups in total. The van der Waals surface area contributed by atoms with E-state index in [0.717, 1.165) is 52.6 Å². The van der Waals surface area contributed by atoms with Crippen LogP contribution in [0.5, 0.6) is 0 Å². The molecule has 4 nitrogen and oxygen atoms in total. The molecule has 0 heterocycles. The van der Waals surface area contributed by atoms with Gasteiger partial charge in [-0.2, -0.15) is 0 Å². The summed E-state index contributed by atoms with van der Waals surface area (Å²) in [5.41, 5.74) is 0. The number of likely N-dealkylation sites (N-methyl/N-ethyl adjacent to an activating group) is 1. The number of unbranched alkanes of at least 4 members (excludes halogenated alkanes) is 1. The average Bonchev–Trinajstić information content (AvgIpc) is 2.33. The molecular formula is C13H30N2O2. The highest BCUT2D eigenvalue weighted by Gasteiger charge is 1.97. The Bertz CT molecular complexity index is 145. The normalized spacial score (nSPS) is 11.3. The summed E-state index contributed by atoms with van der Waals surface area (Å²) >= 11 is 0. The molecular weight excluding hydrogens is 216 g/mol. The lowest BCUT2D eigenvalue weighted by molar-refractivity contribution is 0.120. The van der Waals surface area contributed by atoms with Crippen LogP contribution in [-0.4, -0.2) is 64.6 Å². The van der Waals surface area contributed by atoms with Crippen molar-refractivity contribution in [3.05, 3.63) is 0 Å². The van der Waals surface area contributed by atoms with Crippen LogP contribution in [0.1, 0.15) is 26.7 Å². The van der Waals surface area contributed by atoms with E-state index in [1.807, 2.05) is 6.92 Å². The summed E-state index contributed by atoms with van der Waals surface area (Å²) in [5, 5.41) is 3.38. The lowest BCUT2D eigenvalue weighted by Crippen LogP contribution is -2.33. The fourth-order valence-electron chi connectivity index (χ4n) is 1.36. The monoisotopic (exact) mass is 246 g/mol. The van der Waals surface area contributed by atoms with E-state index in [1.165, 1.54) is 12.8 Å². The summed E-state index contributed by atoms with van der Waals surface area (Å²) in [7, 11) is 2.12. The zero-order valence-corrected chi connectivity index (χ0v) is 11.8. The van der Waals surface area contributed by atoms with Gasteiger partial charge in [0.05, 0.1) is 13.2 Å². The standard InChI is InChI=1S/C13H30N2O2/c1-4-6-11-17-12-8-14-7-9-15(3)10-13-16-5-2/h14H,4-13H2,1-3H3. The van der Waals surface area contributed by atoms with Crippen molar-refractivity contribution in [1.29, 1.82) is 0 Å². The molecule has 17 heavy (non-hydrogen) atoms. The molecule has 0 spiro atoms. The van der Waals surface area contributed by atoms with Crippen molar-refractivity contribution in [2.75, 3.05) is 59.7 Å². The van der Waals surface area contributed by atoms with Gasteiger partial charge in [0.25, 0.3) is 0 Å². The summed E-state index contributed by atoms with van der Waals surface area (Å²) in [6, 6.07) is 0. The van der Waals surface area contributed by atoms with Crippen LogP contribution in [0.4, 0.5) is 0 Å². The van der Waals surface area contributed by atoms with Crippen LogP contribution in [0.15, 0.2) is 0 Å². The third kappa shape index (κ3) is 13.8. The Kier molecular flexibility index (Phi) is 13.8. The molecule has 0 aromatic carbocycles. The van der Waals surface area contributed by atoms with Crippen LogP contribution in [-0.2, 0) is 9.47 Å². The number of ether oxygens (including phenoxy) is 2. The van der Waals surface area contributed by atoms with Gasteiger partial charge < -0.3 is 19.7 Å². The second-order valence-corrected chi connectivity index (χ2v) is 4.22. The minimum absolute atomic E-state index is 0.807. The van der Waals surface area contributed by atoms with Gasteiger partial charge in [-0.05, 0) is 20.4 Å². The van der Waals surface area contributed by atoms with E-state index in [-0.39, 0.29) is 0 Å². The van der Waals surface area contributed by atoms with Gasteiger partial charge in [0.2, 0.25) is 0 Å². The van der Waals surface area contributed by atoms with Crippen molar-refractivity contribution in [3.8, 4) is 0 Å². The first-order valence-electron chi connectivity index (χ1n) is 6.86. The molecule has 0 aliphatic carbocycles. The highest BCUT2D eigenvalue weighted by atomic mass is 16.5. The van der Waals surface area contributed by atoms with Gasteiger partial charge in [0, 0.05) is 39.4 Å². The molecule has 0 saturated heterocycles. The Morgan fingerprint density at radius 1 is 0.941 bits per heavy atom. The first-order chi connectivity index (χ1) is 8.31. The van der Waals surface area contributed by atoms with Crippen molar-refractivity contribution in [1.82, 2.24) is 10.2 Å². The average molecular weight is 246 g/mol.